The van der Waals surface area contributed by atoms with Gasteiger partial charge in [-0.25, -0.2) is 13.2 Å². The molecule has 0 heterocycles. The molecule has 6 heteroatoms. The quantitative estimate of drug-likeness (QED) is 0.733. The highest BCUT2D eigenvalue weighted by atomic mass is 19.3. The van der Waals surface area contributed by atoms with Gasteiger partial charge in [0.15, 0.2) is 0 Å². The van der Waals surface area contributed by atoms with E-state index in [1.54, 1.807) is 0 Å². The van der Waals surface area contributed by atoms with Gasteiger partial charge >= 0.3 is 0 Å². The highest BCUT2D eigenvalue weighted by molar-refractivity contribution is 5.95. The number of amides is 1. The van der Waals surface area contributed by atoms with E-state index in [9.17, 15) is 18.4 Å². The van der Waals surface area contributed by atoms with Crippen LogP contribution in [0.4, 0.5) is 13.2 Å². The van der Waals surface area contributed by atoms with Crippen molar-refractivity contribution in [1.29, 1.82) is 0 Å². The zero-order valence-corrected chi connectivity index (χ0v) is 12.7. The second-order valence-corrected chi connectivity index (χ2v) is 5.81. The molecular weight excluding hydrogens is 295 g/mol. The average Bonchev–Trinajstić information content (AvgIpc) is 2.45. The van der Waals surface area contributed by atoms with Gasteiger partial charge in [0.2, 0.25) is 0 Å². The third kappa shape index (κ3) is 3.42. The molecule has 0 spiro atoms. The Bertz CT molecular complexity index is 464. The average molecular weight is 317 g/mol. The van der Waals surface area contributed by atoms with Crippen LogP contribution in [0.25, 0.3) is 0 Å². The van der Waals surface area contributed by atoms with Crippen LogP contribution in [0.15, 0.2) is 25.3 Å². The van der Waals surface area contributed by atoms with Gasteiger partial charge in [0.25, 0.3) is 17.5 Å². The summed E-state index contributed by atoms with van der Waals surface area (Å²) < 4.78 is 43.7. The molecule has 3 unspecified atom stereocenters. The van der Waals surface area contributed by atoms with Crippen LogP contribution in [0.3, 0.4) is 0 Å². The van der Waals surface area contributed by atoms with Crippen molar-refractivity contribution in [3.05, 3.63) is 25.3 Å². The Hall–Kier alpha value is -1.59. The highest BCUT2D eigenvalue weighted by Crippen LogP contribution is 2.50. The van der Waals surface area contributed by atoms with E-state index in [0.717, 1.165) is 0 Å². The maximum Gasteiger partial charge on any atom is 0.291 e. The summed E-state index contributed by atoms with van der Waals surface area (Å²) in [6, 6.07) is 0. The first-order chi connectivity index (χ1) is 10.2. The van der Waals surface area contributed by atoms with Crippen LogP contribution in [0.5, 0.6) is 0 Å². The van der Waals surface area contributed by atoms with E-state index in [2.05, 4.69) is 18.5 Å². The van der Waals surface area contributed by atoms with E-state index in [-0.39, 0.29) is 25.8 Å². The van der Waals surface area contributed by atoms with Gasteiger partial charge in [-0.15, -0.1) is 13.2 Å². The highest BCUT2D eigenvalue weighted by Gasteiger charge is 2.68. The maximum atomic E-state index is 15.1. The van der Waals surface area contributed by atoms with E-state index >= 15 is 4.39 Å². The minimum Gasteiger partial charge on any atom is -0.350 e. The number of ketones is 1. The minimum absolute atomic E-state index is 0.0659. The lowest BCUT2D eigenvalue weighted by atomic mass is 9.67. The van der Waals surface area contributed by atoms with Crippen LogP contribution < -0.4 is 5.32 Å². The van der Waals surface area contributed by atoms with Crippen molar-refractivity contribution in [2.75, 3.05) is 6.54 Å². The molecule has 0 bridgehead atoms. The van der Waals surface area contributed by atoms with Gasteiger partial charge < -0.3 is 5.32 Å². The van der Waals surface area contributed by atoms with Crippen LogP contribution in [0.2, 0.25) is 0 Å². The molecule has 1 fully saturated rings. The molecule has 1 aliphatic rings. The third-order valence-electron chi connectivity index (χ3n) is 3.98. The molecule has 1 amide bonds. The summed E-state index contributed by atoms with van der Waals surface area (Å²) in [6.45, 7) is 8.19. The lowest BCUT2D eigenvalue weighted by molar-refractivity contribution is -0.204. The Morgan fingerprint density at radius 3 is 2.45 bits per heavy atom. The molecule has 1 saturated carbocycles. The molecule has 0 saturated heterocycles. The fourth-order valence-corrected chi connectivity index (χ4v) is 2.88. The van der Waals surface area contributed by atoms with Gasteiger partial charge in [-0.1, -0.05) is 19.1 Å². The monoisotopic (exact) mass is 317 g/mol. The zero-order valence-electron chi connectivity index (χ0n) is 12.7. The smallest absolute Gasteiger partial charge is 0.291 e. The summed E-state index contributed by atoms with van der Waals surface area (Å²) in [7, 11) is 0. The van der Waals surface area contributed by atoms with E-state index in [1.165, 1.54) is 19.1 Å². The number of carbonyl (C=O) groups excluding carboxylic acids is 2. The summed E-state index contributed by atoms with van der Waals surface area (Å²) in [4.78, 5) is 24.2. The van der Waals surface area contributed by atoms with Gasteiger partial charge in [-0.3, -0.25) is 9.59 Å². The number of allylic oxidation sites excluding steroid dienone is 1. The molecule has 0 aromatic heterocycles. The summed E-state index contributed by atoms with van der Waals surface area (Å²) >= 11 is 0. The summed E-state index contributed by atoms with van der Waals surface area (Å²) in [5, 5.41) is 2.07. The molecule has 3 nitrogen and oxygen atoms in total. The lowest BCUT2D eigenvalue weighted by Gasteiger charge is -2.43. The predicted molar refractivity (Wildman–Crippen MR) is 78.3 cm³/mol. The standard InChI is InChI=1S/C16H22F3NO2/c1-4-6-7-13(21)12-9-11(3)10-15(17,18)16(12,19)14(22)20-8-5-2/h4-5,11-12H,1-2,6-10H2,3H3,(H,20,22). The Morgan fingerprint density at radius 2 is 1.91 bits per heavy atom. The first-order valence-electron chi connectivity index (χ1n) is 7.30. The van der Waals surface area contributed by atoms with Crippen molar-refractivity contribution < 1.29 is 22.8 Å². The molecule has 1 rings (SSSR count). The Morgan fingerprint density at radius 1 is 1.27 bits per heavy atom. The number of carbonyl (C=O) groups is 2. The fourth-order valence-electron chi connectivity index (χ4n) is 2.88. The van der Waals surface area contributed by atoms with E-state index < -0.39 is 41.5 Å². The molecule has 22 heavy (non-hydrogen) atoms. The van der Waals surface area contributed by atoms with Crippen molar-refractivity contribution in [3.8, 4) is 0 Å². The first kappa shape index (κ1) is 18.5. The SMILES string of the molecule is C=CCCC(=O)C1CC(C)CC(F)(F)C1(F)C(=O)NCC=C. The number of hydrogen-bond acceptors (Lipinski definition) is 2. The molecule has 1 N–H and O–H groups in total. The van der Waals surface area contributed by atoms with E-state index in [1.807, 2.05) is 0 Å². The molecule has 0 aliphatic heterocycles. The van der Waals surface area contributed by atoms with Crippen LogP contribution >= 0.6 is 0 Å². The third-order valence-corrected chi connectivity index (χ3v) is 3.98. The van der Waals surface area contributed by atoms with Gasteiger partial charge in [0, 0.05) is 19.4 Å². The maximum absolute atomic E-state index is 15.1. The summed E-state index contributed by atoms with van der Waals surface area (Å²) in [6.07, 6.45) is 2.07. The van der Waals surface area contributed by atoms with E-state index in [0.29, 0.717) is 0 Å². The molecular formula is C16H22F3NO2. The van der Waals surface area contributed by atoms with Crippen molar-refractivity contribution in [1.82, 2.24) is 5.32 Å². The Balaban J connectivity index is 3.16. The summed E-state index contributed by atoms with van der Waals surface area (Å²) in [5.41, 5.74) is -3.51. The van der Waals surface area contributed by atoms with Crippen molar-refractivity contribution in [2.45, 2.75) is 44.2 Å². The molecule has 0 radical (unpaired) electrons. The fraction of sp³-hybridized carbons (Fsp3) is 0.625. The van der Waals surface area contributed by atoms with Crippen molar-refractivity contribution in [3.63, 3.8) is 0 Å². The first-order valence-corrected chi connectivity index (χ1v) is 7.30. The lowest BCUT2D eigenvalue weighted by Crippen LogP contribution is -2.64. The van der Waals surface area contributed by atoms with Crippen LogP contribution in [-0.4, -0.2) is 29.8 Å². The molecule has 124 valence electrons. The van der Waals surface area contributed by atoms with Gasteiger partial charge in [0.05, 0.1) is 5.92 Å². The van der Waals surface area contributed by atoms with Crippen molar-refractivity contribution in [2.24, 2.45) is 11.8 Å². The normalized spacial score (nSPS) is 30.4. The summed E-state index contributed by atoms with van der Waals surface area (Å²) in [5.74, 6) is -8.17. The Kier molecular flexibility index (Phi) is 5.97. The number of rotatable bonds is 7. The number of alkyl halides is 3. The van der Waals surface area contributed by atoms with Gasteiger partial charge in [-0.2, -0.15) is 0 Å². The molecule has 0 aromatic carbocycles. The van der Waals surface area contributed by atoms with Crippen LogP contribution in [0.1, 0.15) is 32.6 Å². The van der Waals surface area contributed by atoms with Gasteiger partial charge in [-0.05, 0) is 18.8 Å². The predicted octanol–water partition coefficient (Wildman–Crippen LogP) is 3.21. The number of hydrogen-bond donors (Lipinski definition) is 1. The number of nitrogens with one attached hydrogen (secondary N) is 1. The van der Waals surface area contributed by atoms with Crippen molar-refractivity contribution >= 4 is 11.7 Å². The van der Waals surface area contributed by atoms with Gasteiger partial charge in [0.1, 0.15) is 5.78 Å². The van der Waals surface area contributed by atoms with E-state index in [4.69, 9.17) is 0 Å². The topological polar surface area (TPSA) is 46.2 Å². The largest absolute Gasteiger partial charge is 0.350 e. The van der Waals surface area contributed by atoms with Crippen LogP contribution in [-0.2, 0) is 9.59 Å². The molecule has 0 aromatic rings. The Labute approximate surface area is 128 Å². The molecule has 1 aliphatic carbocycles. The second-order valence-electron chi connectivity index (χ2n) is 5.81. The second kappa shape index (κ2) is 7.11. The number of Topliss-reactive ketones (excluding diaryl/α,β-unsaturated/α-hetero) is 1. The minimum atomic E-state index is -3.88. The number of halogens is 3. The van der Waals surface area contributed by atoms with Crippen LogP contribution in [0, 0.1) is 11.8 Å². The zero-order chi connectivity index (χ0) is 17.0. The molecule has 3 atom stereocenters.